The number of aliphatic hydroxyl groups is 1. The van der Waals surface area contributed by atoms with Crippen LogP contribution in [0.15, 0.2) is 67.0 Å². The van der Waals surface area contributed by atoms with Crippen molar-refractivity contribution in [1.29, 1.82) is 0 Å². The molecule has 0 radical (unpaired) electrons. The second-order valence-corrected chi connectivity index (χ2v) is 8.42. The largest absolute Gasteiger partial charge is 0.417 e. The van der Waals surface area contributed by atoms with E-state index in [1.807, 2.05) is 0 Å². The first-order chi connectivity index (χ1) is 17.5. The molecule has 0 aliphatic heterocycles. The summed E-state index contributed by atoms with van der Waals surface area (Å²) < 4.78 is 57.6. The summed E-state index contributed by atoms with van der Waals surface area (Å²) in [7, 11) is 1.56. The van der Waals surface area contributed by atoms with E-state index in [0.717, 1.165) is 6.07 Å². The third-order valence-corrected chi connectivity index (χ3v) is 5.43. The second-order valence-electron chi connectivity index (χ2n) is 8.42. The van der Waals surface area contributed by atoms with Gasteiger partial charge in [0.05, 0.1) is 40.0 Å². The predicted octanol–water partition coefficient (Wildman–Crippen LogP) is 5.16. The number of anilines is 2. The zero-order valence-corrected chi connectivity index (χ0v) is 19.8. The Morgan fingerprint density at radius 3 is 2.46 bits per heavy atom. The van der Waals surface area contributed by atoms with Crippen molar-refractivity contribution in [2.75, 3.05) is 11.9 Å². The number of benzene rings is 2. The van der Waals surface area contributed by atoms with Crippen molar-refractivity contribution in [3.63, 3.8) is 0 Å². The van der Waals surface area contributed by atoms with Gasteiger partial charge in [0.15, 0.2) is 0 Å². The van der Waals surface area contributed by atoms with E-state index >= 15 is 4.39 Å². The van der Waals surface area contributed by atoms with Gasteiger partial charge in [-0.15, -0.1) is 0 Å². The lowest BCUT2D eigenvalue weighted by Gasteiger charge is -2.17. The van der Waals surface area contributed by atoms with E-state index in [-0.39, 0.29) is 34.7 Å². The third kappa shape index (κ3) is 5.95. The zero-order valence-electron chi connectivity index (χ0n) is 19.8. The topological polar surface area (TPSA) is 92.1 Å². The monoisotopic (exact) mass is 513 g/mol. The number of nitrogens with one attached hydrogen (secondary N) is 2. The molecule has 7 nitrogen and oxygen atoms in total. The van der Waals surface area contributed by atoms with Crippen LogP contribution in [0, 0.1) is 5.82 Å². The number of rotatable bonds is 7. The Morgan fingerprint density at radius 2 is 1.84 bits per heavy atom. The smallest absolute Gasteiger partial charge is 0.392 e. The number of aliphatic hydroxyl groups excluding tert-OH is 1. The minimum absolute atomic E-state index is 0.00298. The average molecular weight is 513 g/mol. The molecule has 37 heavy (non-hydrogen) atoms. The summed E-state index contributed by atoms with van der Waals surface area (Å²) >= 11 is 0. The lowest BCUT2D eigenvalue weighted by atomic mass is 10.0. The molecule has 0 saturated heterocycles. The van der Waals surface area contributed by atoms with Gasteiger partial charge in [-0.1, -0.05) is 30.3 Å². The van der Waals surface area contributed by atoms with Crippen LogP contribution >= 0.6 is 0 Å². The van der Waals surface area contributed by atoms with Crippen LogP contribution in [0.1, 0.15) is 22.8 Å². The molecule has 0 bridgehead atoms. The SMILES string of the molecule is C[C@H](O)CNC(=O)c1cnc(-c2ccccc2)c(Nc2cc(-c3ccn(C)n3)c(C(F)(F)F)cc2F)c1. The molecule has 0 spiro atoms. The van der Waals surface area contributed by atoms with Gasteiger partial charge in [0, 0.05) is 37.1 Å². The number of halogens is 4. The molecule has 0 aliphatic carbocycles. The fourth-order valence-corrected chi connectivity index (χ4v) is 3.67. The Balaban J connectivity index is 1.82. The average Bonchev–Trinajstić information content (AvgIpc) is 3.29. The van der Waals surface area contributed by atoms with Gasteiger partial charge >= 0.3 is 6.18 Å². The standard InChI is InChI=1S/C26H23F4N5O2/c1-15(36)13-32-25(37)17-10-23(24(31-14-17)16-6-4-3-5-7-16)33-22-11-18(21-8-9-35(2)34-21)19(12-20(22)27)26(28,29)30/h3-12,14-15,33,36H,13H2,1-2H3,(H,32,37)/t15-/m0/s1. The molecule has 192 valence electrons. The summed E-state index contributed by atoms with van der Waals surface area (Å²) in [5, 5.41) is 18.9. The molecule has 4 aromatic rings. The summed E-state index contributed by atoms with van der Waals surface area (Å²) in [5.41, 5.74) is -0.412. The van der Waals surface area contributed by atoms with Gasteiger partial charge in [0.1, 0.15) is 5.82 Å². The van der Waals surface area contributed by atoms with Crippen LogP contribution in [0.2, 0.25) is 0 Å². The van der Waals surface area contributed by atoms with Crippen molar-refractivity contribution in [2.45, 2.75) is 19.2 Å². The summed E-state index contributed by atoms with van der Waals surface area (Å²) in [6.07, 6.45) is -2.78. The van der Waals surface area contributed by atoms with Crippen molar-refractivity contribution in [3.05, 3.63) is 83.9 Å². The van der Waals surface area contributed by atoms with Crippen LogP contribution in [-0.4, -0.2) is 38.4 Å². The van der Waals surface area contributed by atoms with Gasteiger partial charge in [-0.25, -0.2) is 4.39 Å². The minimum Gasteiger partial charge on any atom is -0.392 e. The van der Waals surface area contributed by atoms with Crippen molar-refractivity contribution in [2.24, 2.45) is 7.05 Å². The summed E-state index contributed by atoms with van der Waals surface area (Å²) in [6, 6.07) is 13.1. The van der Waals surface area contributed by atoms with Crippen molar-refractivity contribution in [1.82, 2.24) is 20.1 Å². The summed E-state index contributed by atoms with van der Waals surface area (Å²) in [5.74, 6) is -1.67. The molecular weight excluding hydrogens is 490 g/mol. The molecular formula is C26H23F4N5O2. The van der Waals surface area contributed by atoms with E-state index in [0.29, 0.717) is 17.3 Å². The highest BCUT2D eigenvalue weighted by Crippen LogP contribution is 2.40. The summed E-state index contributed by atoms with van der Waals surface area (Å²) in [6.45, 7) is 1.51. The van der Waals surface area contributed by atoms with E-state index in [1.54, 1.807) is 37.4 Å². The molecule has 0 fully saturated rings. The fourth-order valence-electron chi connectivity index (χ4n) is 3.67. The molecule has 3 N–H and O–H groups in total. The van der Waals surface area contributed by atoms with Gasteiger partial charge in [0.25, 0.3) is 5.91 Å². The molecule has 2 aromatic heterocycles. The number of carbonyl (C=O) groups excluding carboxylic acids is 1. The first-order valence-electron chi connectivity index (χ1n) is 11.2. The maximum atomic E-state index is 15.1. The van der Waals surface area contributed by atoms with Gasteiger partial charge in [-0.2, -0.15) is 18.3 Å². The number of carbonyl (C=O) groups is 1. The van der Waals surface area contributed by atoms with Gasteiger partial charge in [-0.05, 0) is 31.2 Å². The van der Waals surface area contributed by atoms with Crippen LogP contribution in [-0.2, 0) is 13.2 Å². The molecule has 2 aromatic carbocycles. The quantitative estimate of drug-likeness (QED) is 0.297. The zero-order chi connectivity index (χ0) is 26.7. The molecule has 0 aliphatic rings. The number of nitrogens with zero attached hydrogens (tertiary/aromatic N) is 3. The first kappa shape index (κ1) is 25.8. The molecule has 1 amide bonds. The van der Waals surface area contributed by atoms with E-state index in [1.165, 1.54) is 36.1 Å². The van der Waals surface area contributed by atoms with Gasteiger partial charge in [-0.3, -0.25) is 14.5 Å². The van der Waals surface area contributed by atoms with E-state index in [9.17, 15) is 23.1 Å². The van der Waals surface area contributed by atoms with Crippen LogP contribution < -0.4 is 10.6 Å². The number of pyridine rings is 1. The maximum Gasteiger partial charge on any atom is 0.417 e. The van der Waals surface area contributed by atoms with E-state index < -0.39 is 29.6 Å². The van der Waals surface area contributed by atoms with Gasteiger partial charge in [0.2, 0.25) is 0 Å². The number of alkyl halides is 3. The highest BCUT2D eigenvalue weighted by molar-refractivity contribution is 5.96. The number of hydrogen-bond donors (Lipinski definition) is 3. The number of aromatic nitrogens is 3. The van der Waals surface area contributed by atoms with Crippen LogP contribution in [0.3, 0.4) is 0 Å². The van der Waals surface area contributed by atoms with Crippen LogP contribution in [0.4, 0.5) is 28.9 Å². The van der Waals surface area contributed by atoms with Crippen LogP contribution in [0.5, 0.6) is 0 Å². The number of amides is 1. The predicted molar refractivity (Wildman–Crippen MR) is 131 cm³/mol. The van der Waals surface area contributed by atoms with Crippen molar-refractivity contribution < 1.29 is 27.5 Å². The lowest BCUT2D eigenvalue weighted by molar-refractivity contribution is -0.137. The summed E-state index contributed by atoms with van der Waals surface area (Å²) in [4.78, 5) is 16.9. The molecule has 0 saturated carbocycles. The Bertz CT molecular complexity index is 1420. The molecule has 2 heterocycles. The van der Waals surface area contributed by atoms with Gasteiger partial charge < -0.3 is 15.7 Å². The molecule has 4 rings (SSSR count). The van der Waals surface area contributed by atoms with Crippen molar-refractivity contribution in [3.8, 4) is 22.5 Å². The lowest BCUT2D eigenvalue weighted by Crippen LogP contribution is -2.30. The van der Waals surface area contributed by atoms with Crippen LogP contribution in [0.25, 0.3) is 22.5 Å². The number of hydrogen-bond acceptors (Lipinski definition) is 5. The Hall–Kier alpha value is -4.25. The minimum atomic E-state index is -4.81. The second kappa shape index (κ2) is 10.4. The highest BCUT2D eigenvalue weighted by Gasteiger charge is 2.35. The molecule has 11 heteroatoms. The Morgan fingerprint density at radius 1 is 1.11 bits per heavy atom. The van der Waals surface area contributed by atoms with Crippen molar-refractivity contribution >= 4 is 17.3 Å². The molecule has 0 unspecified atom stereocenters. The third-order valence-electron chi connectivity index (χ3n) is 5.43. The highest BCUT2D eigenvalue weighted by atomic mass is 19.4. The maximum absolute atomic E-state index is 15.1. The Kier molecular flexibility index (Phi) is 7.25. The first-order valence-corrected chi connectivity index (χ1v) is 11.2. The Labute approximate surface area is 209 Å². The normalized spacial score (nSPS) is 12.3. The van der Waals surface area contributed by atoms with E-state index in [4.69, 9.17) is 0 Å². The number of aryl methyl sites for hydroxylation is 1. The fraction of sp³-hybridized carbons (Fsp3) is 0.192. The van der Waals surface area contributed by atoms with E-state index in [2.05, 4.69) is 20.7 Å². The molecule has 1 atom stereocenters.